The summed E-state index contributed by atoms with van der Waals surface area (Å²) in [7, 11) is 0. The van der Waals surface area contributed by atoms with Crippen LogP contribution in [0.5, 0.6) is 0 Å². The van der Waals surface area contributed by atoms with E-state index in [2.05, 4.69) is 43.1 Å². The number of hydrogen-bond acceptors (Lipinski definition) is 2. The van der Waals surface area contributed by atoms with Crippen LogP contribution in [0.3, 0.4) is 0 Å². The van der Waals surface area contributed by atoms with Gasteiger partial charge in [-0.1, -0.05) is 39.0 Å². The highest BCUT2D eigenvalue weighted by Crippen LogP contribution is 2.25. The van der Waals surface area contributed by atoms with Crippen LogP contribution in [0.1, 0.15) is 49.5 Å². The minimum Gasteiger partial charge on any atom is -0.371 e. The summed E-state index contributed by atoms with van der Waals surface area (Å²) in [4.78, 5) is 14.9. The molecule has 0 bridgehead atoms. The first-order valence-electron chi connectivity index (χ1n) is 8.70. The van der Waals surface area contributed by atoms with Crippen LogP contribution in [-0.2, 0) is 5.41 Å². The first kappa shape index (κ1) is 16.6. The summed E-state index contributed by atoms with van der Waals surface area (Å²) in [6, 6.07) is 16.0. The summed E-state index contributed by atoms with van der Waals surface area (Å²) in [5, 5.41) is 3.01. The lowest BCUT2D eigenvalue weighted by atomic mass is 9.87. The molecule has 24 heavy (non-hydrogen) atoms. The first-order chi connectivity index (χ1) is 11.4. The minimum atomic E-state index is -0.0611. The van der Waals surface area contributed by atoms with Gasteiger partial charge in [-0.25, -0.2) is 0 Å². The zero-order valence-corrected chi connectivity index (χ0v) is 14.8. The molecule has 0 radical (unpaired) electrons. The third-order valence-corrected chi connectivity index (χ3v) is 4.59. The molecule has 1 amide bonds. The van der Waals surface area contributed by atoms with E-state index in [9.17, 15) is 4.79 Å². The normalized spacial score (nSPS) is 14.7. The lowest BCUT2D eigenvalue weighted by Crippen LogP contribution is -2.18. The van der Waals surface area contributed by atoms with Gasteiger partial charge in [0.2, 0.25) is 0 Å². The summed E-state index contributed by atoms with van der Waals surface area (Å²) >= 11 is 0. The van der Waals surface area contributed by atoms with E-state index in [-0.39, 0.29) is 11.3 Å². The number of anilines is 2. The molecule has 1 heterocycles. The first-order valence-corrected chi connectivity index (χ1v) is 8.70. The van der Waals surface area contributed by atoms with Gasteiger partial charge in [0.25, 0.3) is 5.91 Å². The van der Waals surface area contributed by atoms with E-state index < -0.39 is 0 Å². The van der Waals surface area contributed by atoms with Gasteiger partial charge in [0.05, 0.1) is 0 Å². The number of rotatable bonds is 3. The molecule has 2 aromatic carbocycles. The van der Waals surface area contributed by atoms with Gasteiger partial charge >= 0.3 is 0 Å². The fraction of sp³-hybridized carbons (Fsp3) is 0.381. The van der Waals surface area contributed by atoms with Gasteiger partial charge in [0, 0.05) is 30.0 Å². The Labute approximate surface area is 144 Å². The van der Waals surface area contributed by atoms with Crippen LogP contribution in [0, 0.1) is 0 Å². The van der Waals surface area contributed by atoms with Crippen molar-refractivity contribution in [1.82, 2.24) is 0 Å². The molecule has 0 saturated carbocycles. The predicted molar refractivity (Wildman–Crippen MR) is 101 cm³/mol. The average Bonchev–Trinajstić information content (AvgIpc) is 3.09. The van der Waals surface area contributed by atoms with E-state index in [4.69, 9.17) is 0 Å². The standard InChI is InChI=1S/C21H26N2O/c1-21(2,3)17-11-9-16(10-12-17)20(24)22-18-7-6-8-19(15-18)23-13-4-5-14-23/h6-12,15H,4-5,13-14H2,1-3H3,(H,22,24). The predicted octanol–water partition coefficient (Wildman–Crippen LogP) is 4.84. The van der Waals surface area contributed by atoms with Crippen molar-refractivity contribution < 1.29 is 4.79 Å². The number of nitrogens with zero attached hydrogens (tertiary/aromatic N) is 1. The summed E-state index contributed by atoms with van der Waals surface area (Å²) in [6.07, 6.45) is 2.49. The minimum absolute atomic E-state index is 0.0611. The molecule has 1 aliphatic heterocycles. The Balaban J connectivity index is 1.71. The van der Waals surface area contributed by atoms with E-state index in [0.717, 1.165) is 18.8 Å². The van der Waals surface area contributed by atoms with Crippen LogP contribution in [0.2, 0.25) is 0 Å². The number of hydrogen-bond donors (Lipinski definition) is 1. The molecule has 3 nitrogen and oxygen atoms in total. The highest BCUT2D eigenvalue weighted by atomic mass is 16.1. The van der Waals surface area contributed by atoms with E-state index >= 15 is 0 Å². The topological polar surface area (TPSA) is 32.3 Å². The average molecular weight is 322 g/mol. The van der Waals surface area contributed by atoms with Crippen molar-refractivity contribution in [3.8, 4) is 0 Å². The second-order valence-electron chi connectivity index (χ2n) is 7.53. The number of carbonyl (C=O) groups is 1. The molecule has 0 aliphatic carbocycles. The summed E-state index contributed by atoms with van der Waals surface area (Å²) < 4.78 is 0. The molecule has 1 fully saturated rings. The van der Waals surface area contributed by atoms with Gasteiger partial charge in [0.1, 0.15) is 0 Å². The van der Waals surface area contributed by atoms with Crippen LogP contribution in [-0.4, -0.2) is 19.0 Å². The summed E-state index contributed by atoms with van der Waals surface area (Å²) in [5.41, 5.74) is 4.06. The Bertz CT molecular complexity index is 707. The fourth-order valence-electron chi connectivity index (χ4n) is 3.08. The molecule has 1 aliphatic rings. The molecule has 3 heteroatoms. The maximum atomic E-state index is 12.5. The summed E-state index contributed by atoms with van der Waals surface area (Å²) in [5.74, 6) is -0.0611. The zero-order chi connectivity index (χ0) is 17.2. The van der Waals surface area contributed by atoms with Crippen molar-refractivity contribution in [2.45, 2.75) is 39.0 Å². The quantitative estimate of drug-likeness (QED) is 0.877. The molecule has 0 atom stereocenters. The fourth-order valence-corrected chi connectivity index (χ4v) is 3.08. The van der Waals surface area contributed by atoms with Crippen LogP contribution in [0.25, 0.3) is 0 Å². The molecule has 0 spiro atoms. The molecular weight excluding hydrogens is 296 g/mol. The largest absolute Gasteiger partial charge is 0.371 e. The second-order valence-corrected chi connectivity index (χ2v) is 7.53. The Morgan fingerprint density at radius 2 is 1.67 bits per heavy atom. The molecule has 1 N–H and O–H groups in total. The molecular formula is C21H26N2O. The number of amides is 1. The Morgan fingerprint density at radius 1 is 1.00 bits per heavy atom. The van der Waals surface area contributed by atoms with Crippen LogP contribution in [0.4, 0.5) is 11.4 Å². The van der Waals surface area contributed by atoms with E-state index in [1.54, 1.807) is 0 Å². The van der Waals surface area contributed by atoms with Gasteiger partial charge in [-0.2, -0.15) is 0 Å². The highest BCUT2D eigenvalue weighted by molar-refractivity contribution is 6.04. The van der Waals surface area contributed by atoms with E-state index in [0.29, 0.717) is 5.56 Å². The lowest BCUT2D eigenvalue weighted by Gasteiger charge is -2.19. The lowest BCUT2D eigenvalue weighted by molar-refractivity contribution is 0.102. The number of nitrogens with one attached hydrogen (secondary N) is 1. The van der Waals surface area contributed by atoms with E-state index in [1.165, 1.54) is 24.1 Å². The van der Waals surface area contributed by atoms with Crippen molar-refractivity contribution in [2.75, 3.05) is 23.3 Å². The van der Waals surface area contributed by atoms with Crippen LogP contribution >= 0.6 is 0 Å². The van der Waals surface area contributed by atoms with Crippen LogP contribution in [0.15, 0.2) is 48.5 Å². The molecule has 0 unspecified atom stereocenters. The Kier molecular flexibility index (Phi) is 4.61. The Hall–Kier alpha value is -2.29. The smallest absolute Gasteiger partial charge is 0.255 e. The van der Waals surface area contributed by atoms with E-state index in [1.807, 2.05) is 36.4 Å². The maximum absolute atomic E-state index is 12.5. The number of carbonyl (C=O) groups excluding carboxylic acids is 1. The van der Waals surface area contributed by atoms with Gasteiger partial charge in [-0.05, 0) is 54.2 Å². The van der Waals surface area contributed by atoms with Crippen molar-refractivity contribution in [1.29, 1.82) is 0 Å². The third kappa shape index (κ3) is 3.78. The zero-order valence-electron chi connectivity index (χ0n) is 14.8. The van der Waals surface area contributed by atoms with Gasteiger partial charge < -0.3 is 10.2 Å². The van der Waals surface area contributed by atoms with Gasteiger partial charge in [-0.3, -0.25) is 4.79 Å². The molecule has 1 saturated heterocycles. The third-order valence-electron chi connectivity index (χ3n) is 4.59. The monoisotopic (exact) mass is 322 g/mol. The summed E-state index contributed by atoms with van der Waals surface area (Å²) in [6.45, 7) is 8.72. The molecule has 3 rings (SSSR count). The molecule has 0 aromatic heterocycles. The second kappa shape index (κ2) is 6.68. The van der Waals surface area contributed by atoms with Crippen LogP contribution < -0.4 is 10.2 Å². The van der Waals surface area contributed by atoms with Crippen molar-refractivity contribution in [3.05, 3.63) is 59.7 Å². The van der Waals surface area contributed by atoms with Crippen molar-refractivity contribution >= 4 is 17.3 Å². The highest BCUT2D eigenvalue weighted by Gasteiger charge is 2.15. The molecule has 2 aromatic rings. The van der Waals surface area contributed by atoms with Gasteiger partial charge in [-0.15, -0.1) is 0 Å². The number of benzene rings is 2. The molecule has 126 valence electrons. The Morgan fingerprint density at radius 3 is 2.29 bits per heavy atom. The van der Waals surface area contributed by atoms with Crippen molar-refractivity contribution in [2.24, 2.45) is 0 Å². The van der Waals surface area contributed by atoms with Gasteiger partial charge in [0.15, 0.2) is 0 Å². The van der Waals surface area contributed by atoms with Crippen molar-refractivity contribution in [3.63, 3.8) is 0 Å². The SMILES string of the molecule is CC(C)(C)c1ccc(C(=O)Nc2cccc(N3CCCC3)c2)cc1. The maximum Gasteiger partial charge on any atom is 0.255 e.